The Balaban J connectivity index is 1.30. The van der Waals surface area contributed by atoms with Crippen LogP contribution in [0.15, 0.2) is 48.0 Å². The Hall–Kier alpha value is -2.46. The molecule has 0 spiro atoms. The number of hydrogen-bond acceptors (Lipinski definition) is 3. The van der Waals surface area contributed by atoms with Gasteiger partial charge in [-0.25, -0.2) is 4.39 Å². The topological polar surface area (TPSA) is 29.5 Å². The van der Waals surface area contributed by atoms with E-state index in [0.717, 1.165) is 36.4 Å². The minimum atomic E-state index is -0.297. The molecule has 1 aliphatic heterocycles. The van der Waals surface area contributed by atoms with E-state index in [9.17, 15) is 9.18 Å². The number of halogens is 1. The normalized spacial score (nSPS) is 18.5. The highest BCUT2D eigenvalue weighted by Crippen LogP contribution is 2.28. The van der Waals surface area contributed by atoms with E-state index in [1.165, 1.54) is 44.5 Å². The molecule has 0 bridgehead atoms. The molecule has 0 aromatic heterocycles. The summed E-state index contributed by atoms with van der Waals surface area (Å²) in [5.41, 5.74) is 3.04. The highest BCUT2D eigenvalue weighted by atomic mass is 19.1. The summed E-state index contributed by atoms with van der Waals surface area (Å²) in [5, 5.41) is 0. The first-order chi connectivity index (χ1) is 13.7. The number of ether oxygens (including phenoxy) is 1. The summed E-state index contributed by atoms with van der Waals surface area (Å²) >= 11 is 0. The molecular weight excluding hydrogens is 353 g/mol. The monoisotopic (exact) mass is 379 g/mol. The van der Waals surface area contributed by atoms with Crippen molar-refractivity contribution in [3.8, 4) is 5.75 Å². The average molecular weight is 379 g/mol. The first-order valence-corrected chi connectivity index (χ1v) is 10.2. The zero-order valence-corrected chi connectivity index (χ0v) is 16.1. The molecule has 0 N–H and O–H groups in total. The number of benzene rings is 2. The van der Waals surface area contributed by atoms with Crippen molar-refractivity contribution in [3.63, 3.8) is 0 Å². The second kappa shape index (κ2) is 8.70. The van der Waals surface area contributed by atoms with Crippen LogP contribution in [0, 0.1) is 5.82 Å². The number of Topliss-reactive ketones (excluding diaryl/α,β-unsaturated/α-hetero) is 1. The van der Waals surface area contributed by atoms with Gasteiger partial charge in [0, 0.05) is 24.1 Å². The highest BCUT2D eigenvalue weighted by Gasteiger charge is 2.24. The lowest BCUT2D eigenvalue weighted by atomic mass is 10.1. The molecule has 0 radical (unpaired) electrons. The smallest absolute Gasteiger partial charge is 0.189 e. The van der Waals surface area contributed by atoms with Gasteiger partial charge in [-0.2, -0.15) is 0 Å². The fraction of sp³-hybridized carbons (Fsp3) is 0.375. The van der Waals surface area contributed by atoms with Gasteiger partial charge in [-0.05, 0) is 79.9 Å². The molecule has 2 aliphatic rings. The zero-order valence-electron chi connectivity index (χ0n) is 16.1. The third-order valence-corrected chi connectivity index (χ3v) is 5.54. The molecule has 1 heterocycles. The third kappa shape index (κ3) is 4.50. The number of piperidine rings is 1. The van der Waals surface area contributed by atoms with Crippen LogP contribution < -0.4 is 4.74 Å². The van der Waals surface area contributed by atoms with Crippen LogP contribution in [0.5, 0.6) is 5.75 Å². The Morgan fingerprint density at radius 1 is 1.04 bits per heavy atom. The molecule has 0 amide bonds. The molecule has 28 heavy (non-hydrogen) atoms. The Morgan fingerprint density at radius 3 is 2.61 bits per heavy atom. The maximum atomic E-state index is 13.4. The summed E-state index contributed by atoms with van der Waals surface area (Å²) < 4.78 is 19.2. The van der Waals surface area contributed by atoms with Crippen molar-refractivity contribution in [2.24, 2.45) is 0 Å². The molecule has 1 saturated heterocycles. The summed E-state index contributed by atoms with van der Waals surface area (Å²) in [5.74, 6) is 0.548. The van der Waals surface area contributed by atoms with Gasteiger partial charge in [-0.15, -0.1) is 0 Å². The standard InChI is InChI=1S/C24H26FNO2/c25-21-7-10-23-19(17-21)16-20(24(23)27)15-18-5-8-22(9-6-18)28-14-4-13-26-11-2-1-3-12-26/h5-10,15,17H,1-4,11-14,16H2/b20-15+. The fourth-order valence-corrected chi connectivity index (χ4v) is 4.03. The Morgan fingerprint density at radius 2 is 1.82 bits per heavy atom. The number of likely N-dealkylation sites (tertiary alicyclic amines) is 1. The molecule has 2 aromatic carbocycles. The van der Waals surface area contributed by atoms with E-state index in [2.05, 4.69) is 4.90 Å². The van der Waals surface area contributed by atoms with Gasteiger partial charge in [0.15, 0.2) is 5.78 Å². The largest absolute Gasteiger partial charge is 0.494 e. The fourth-order valence-electron chi connectivity index (χ4n) is 4.03. The van der Waals surface area contributed by atoms with Crippen molar-refractivity contribution in [1.82, 2.24) is 4.90 Å². The SMILES string of the molecule is O=C1/C(=C/c2ccc(OCCCN3CCCCC3)cc2)Cc2cc(F)ccc21. The van der Waals surface area contributed by atoms with Gasteiger partial charge < -0.3 is 9.64 Å². The van der Waals surface area contributed by atoms with Crippen LogP contribution in [0.4, 0.5) is 4.39 Å². The summed E-state index contributed by atoms with van der Waals surface area (Å²) in [4.78, 5) is 15.0. The van der Waals surface area contributed by atoms with Gasteiger partial charge in [-0.3, -0.25) is 4.79 Å². The van der Waals surface area contributed by atoms with Crippen molar-refractivity contribution in [3.05, 3.63) is 70.5 Å². The van der Waals surface area contributed by atoms with Gasteiger partial charge in [0.05, 0.1) is 6.61 Å². The molecule has 0 saturated carbocycles. The van der Waals surface area contributed by atoms with E-state index >= 15 is 0 Å². The van der Waals surface area contributed by atoms with Crippen LogP contribution in [0.1, 0.15) is 47.2 Å². The molecule has 4 heteroatoms. The second-order valence-electron chi connectivity index (χ2n) is 7.65. The second-order valence-corrected chi connectivity index (χ2v) is 7.65. The first kappa shape index (κ1) is 18.9. The van der Waals surface area contributed by atoms with Gasteiger partial charge in [0.25, 0.3) is 0 Å². The number of carbonyl (C=O) groups is 1. The number of hydrogen-bond donors (Lipinski definition) is 0. The van der Waals surface area contributed by atoms with Gasteiger partial charge in [-0.1, -0.05) is 18.6 Å². The molecule has 0 unspecified atom stereocenters. The van der Waals surface area contributed by atoms with E-state index < -0.39 is 0 Å². The van der Waals surface area contributed by atoms with Crippen LogP contribution >= 0.6 is 0 Å². The highest BCUT2D eigenvalue weighted by molar-refractivity contribution is 6.15. The van der Waals surface area contributed by atoms with Crippen molar-refractivity contribution >= 4 is 11.9 Å². The van der Waals surface area contributed by atoms with E-state index in [1.54, 1.807) is 6.07 Å². The van der Waals surface area contributed by atoms with Gasteiger partial charge >= 0.3 is 0 Å². The Labute approximate surface area is 165 Å². The molecule has 4 rings (SSSR count). The molecule has 146 valence electrons. The number of rotatable bonds is 6. The average Bonchev–Trinajstić information content (AvgIpc) is 3.02. The number of nitrogens with zero attached hydrogens (tertiary/aromatic N) is 1. The molecule has 0 atom stereocenters. The summed E-state index contributed by atoms with van der Waals surface area (Å²) in [6.45, 7) is 4.26. The van der Waals surface area contributed by atoms with Gasteiger partial charge in [0.2, 0.25) is 0 Å². The number of fused-ring (bicyclic) bond motifs is 1. The minimum absolute atomic E-state index is 0.00645. The molecule has 3 nitrogen and oxygen atoms in total. The Kier molecular flexibility index (Phi) is 5.87. The summed E-state index contributed by atoms with van der Waals surface area (Å²) in [6.07, 6.45) is 7.42. The van der Waals surface area contributed by atoms with Crippen molar-refractivity contribution in [2.75, 3.05) is 26.2 Å². The van der Waals surface area contributed by atoms with Gasteiger partial charge in [0.1, 0.15) is 11.6 Å². The molecule has 1 aliphatic carbocycles. The minimum Gasteiger partial charge on any atom is -0.494 e. The first-order valence-electron chi connectivity index (χ1n) is 10.2. The predicted molar refractivity (Wildman–Crippen MR) is 109 cm³/mol. The molecule has 2 aromatic rings. The van der Waals surface area contributed by atoms with E-state index in [-0.39, 0.29) is 11.6 Å². The van der Waals surface area contributed by atoms with E-state index in [1.807, 2.05) is 30.3 Å². The number of carbonyl (C=O) groups excluding carboxylic acids is 1. The maximum absolute atomic E-state index is 13.4. The van der Waals surface area contributed by atoms with E-state index in [0.29, 0.717) is 17.6 Å². The van der Waals surface area contributed by atoms with Crippen molar-refractivity contribution in [2.45, 2.75) is 32.1 Å². The van der Waals surface area contributed by atoms with Crippen LogP contribution in [0.3, 0.4) is 0 Å². The van der Waals surface area contributed by atoms with E-state index in [4.69, 9.17) is 4.74 Å². The number of ketones is 1. The summed E-state index contributed by atoms with van der Waals surface area (Å²) in [6, 6.07) is 12.2. The lowest BCUT2D eigenvalue weighted by Gasteiger charge is -2.26. The zero-order chi connectivity index (χ0) is 19.3. The molecule has 1 fully saturated rings. The third-order valence-electron chi connectivity index (χ3n) is 5.54. The molecular formula is C24H26FNO2. The number of allylic oxidation sites excluding steroid dienone is 1. The van der Waals surface area contributed by atoms with Crippen molar-refractivity contribution < 1.29 is 13.9 Å². The Bertz CT molecular complexity index is 867. The van der Waals surface area contributed by atoms with Crippen LogP contribution in [0.2, 0.25) is 0 Å². The maximum Gasteiger partial charge on any atom is 0.189 e. The lowest BCUT2D eigenvalue weighted by molar-refractivity contribution is 0.104. The quantitative estimate of drug-likeness (QED) is 0.528. The lowest BCUT2D eigenvalue weighted by Crippen LogP contribution is -2.31. The van der Waals surface area contributed by atoms with Crippen LogP contribution in [-0.4, -0.2) is 36.9 Å². The summed E-state index contributed by atoms with van der Waals surface area (Å²) in [7, 11) is 0. The van der Waals surface area contributed by atoms with Crippen LogP contribution in [-0.2, 0) is 6.42 Å². The van der Waals surface area contributed by atoms with Crippen LogP contribution in [0.25, 0.3) is 6.08 Å². The predicted octanol–water partition coefficient (Wildman–Crippen LogP) is 4.90. The van der Waals surface area contributed by atoms with Crippen molar-refractivity contribution in [1.29, 1.82) is 0 Å².